The number of likely N-dealkylation sites (tertiary alicyclic amines) is 1. The highest BCUT2D eigenvalue weighted by Gasteiger charge is 2.28. The molecule has 0 radical (unpaired) electrons. The minimum Gasteiger partial charge on any atom is -0.319 e. The van der Waals surface area contributed by atoms with Gasteiger partial charge in [-0.3, -0.25) is 0 Å². The van der Waals surface area contributed by atoms with Gasteiger partial charge in [0.15, 0.2) is 0 Å². The second-order valence-electron chi connectivity index (χ2n) is 6.56. The molecule has 0 aromatic carbocycles. The van der Waals surface area contributed by atoms with E-state index >= 15 is 0 Å². The van der Waals surface area contributed by atoms with Crippen molar-refractivity contribution in [1.82, 2.24) is 15.1 Å². The van der Waals surface area contributed by atoms with Crippen LogP contribution in [0.5, 0.6) is 0 Å². The van der Waals surface area contributed by atoms with Gasteiger partial charge >= 0.3 is 0 Å². The zero-order chi connectivity index (χ0) is 13.6. The lowest BCUT2D eigenvalue weighted by Crippen LogP contribution is -2.49. The van der Waals surface area contributed by atoms with E-state index in [4.69, 9.17) is 0 Å². The molecule has 1 N–H and O–H groups in total. The van der Waals surface area contributed by atoms with E-state index in [2.05, 4.69) is 50.1 Å². The molecule has 108 valence electrons. The molecule has 0 bridgehead atoms. The monoisotopic (exact) mass is 255 g/mol. The first-order valence-corrected chi connectivity index (χ1v) is 7.54. The quantitative estimate of drug-likeness (QED) is 0.751. The zero-order valence-electron chi connectivity index (χ0n) is 13.1. The van der Waals surface area contributed by atoms with Crippen molar-refractivity contribution in [2.24, 2.45) is 5.41 Å². The SMILES string of the molecule is CCCC(C)(CNC)CN(C)C1CCCN(C)C1. The highest BCUT2D eigenvalue weighted by atomic mass is 15.2. The lowest BCUT2D eigenvalue weighted by molar-refractivity contribution is 0.0887. The summed E-state index contributed by atoms with van der Waals surface area (Å²) in [7, 11) is 6.63. The molecule has 1 aliphatic heterocycles. The number of likely N-dealkylation sites (N-methyl/N-ethyl adjacent to an activating group) is 2. The Balaban J connectivity index is 2.51. The predicted molar refractivity (Wildman–Crippen MR) is 80.1 cm³/mol. The molecule has 18 heavy (non-hydrogen) atoms. The number of nitrogens with one attached hydrogen (secondary N) is 1. The average molecular weight is 255 g/mol. The van der Waals surface area contributed by atoms with Crippen LogP contribution in [0.3, 0.4) is 0 Å². The Kier molecular flexibility index (Phi) is 6.61. The van der Waals surface area contributed by atoms with Crippen molar-refractivity contribution in [1.29, 1.82) is 0 Å². The third kappa shape index (κ3) is 4.87. The summed E-state index contributed by atoms with van der Waals surface area (Å²) in [6, 6.07) is 0.747. The van der Waals surface area contributed by atoms with Crippen LogP contribution >= 0.6 is 0 Å². The maximum Gasteiger partial charge on any atom is 0.0220 e. The lowest BCUT2D eigenvalue weighted by Gasteiger charge is -2.41. The van der Waals surface area contributed by atoms with Gasteiger partial charge in [-0.15, -0.1) is 0 Å². The third-order valence-corrected chi connectivity index (χ3v) is 4.31. The standard InChI is InChI=1S/C15H33N3/c1-6-9-15(2,12-16-3)13-18(5)14-8-7-10-17(4)11-14/h14,16H,6-13H2,1-5H3. The van der Waals surface area contributed by atoms with E-state index in [9.17, 15) is 0 Å². The van der Waals surface area contributed by atoms with Gasteiger partial charge in [0.25, 0.3) is 0 Å². The molecule has 0 amide bonds. The third-order valence-electron chi connectivity index (χ3n) is 4.31. The van der Waals surface area contributed by atoms with Gasteiger partial charge in [-0.1, -0.05) is 20.3 Å². The van der Waals surface area contributed by atoms with Crippen molar-refractivity contribution in [2.75, 3.05) is 47.3 Å². The van der Waals surface area contributed by atoms with Gasteiger partial charge < -0.3 is 15.1 Å². The minimum absolute atomic E-state index is 0.411. The van der Waals surface area contributed by atoms with Crippen molar-refractivity contribution in [2.45, 2.75) is 45.6 Å². The van der Waals surface area contributed by atoms with E-state index in [0.717, 1.165) is 12.6 Å². The van der Waals surface area contributed by atoms with Gasteiger partial charge in [-0.2, -0.15) is 0 Å². The van der Waals surface area contributed by atoms with E-state index < -0.39 is 0 Å². The molecule has 0 aromatic heterocycles. The van der Waals surface area contributed by atoms with E-state index in [-0.39, 0.29) is 0 Å². The second-order valence-corrected chi connectivity index (χ2v) is 6.56. The molecular formula is C15H33N3. The largest absolute Gasteiger partial charge is 0.319 e. The van der Waals surface area contributed by atoms with Gasteiger partial charge in [0.05, 0.1) is 0 Å². The fourth-order valence-electron chi connectivity index (χ4n) is 3.48. The minimum atomic E-state index is 0.411. The van der Waals surface area contributed by atoms with E-state index in [1.54, 1.807) is 0 Å². The maximum absolute atomic E-state index is 3.37. The molecule has 3 heteroatoms. The number of hydrogen-bond donors (Lipinski definition) is 1. The smallest absolute Gasteiger partial charge is 0.0220 e. The fraction of sp³-hybridized carbons (Fsp3) is 1.00. The highest BCUT2D eigenvalue weighted by molar-refractivity contribution is 4.84. The van der Waals surface area contributed by atoms with Crippen LogP contribution in [-0.2, 0) is 0 Å². The number of nitrogens with zero attached hydrogens (tertiary/aromatic N) is 2. The molecule has 0 saturated carbocycles. The fourth-order valence-corrected chi connectivity index (χ4v) is 3.48. The van der Waals surface area contributed by atoms with Crippen LogP contribution in [0.25, 0.3) is 0 Å². The van der Waals surface area contributed by atoms with E-state index in [1.807, 2.05) is 0 Å². The van der Waals surface area contributed by atoms with Gasteiger partial charge in [0.1, 0.15) is 0 Å². The first-order chi connectivity index (χ1) is 8.50. The number of piperidine rings is 1. The Hall–Kier alpha value is -0.120. The Morgan fingerprint density at radius 2 is 2.17 bits per heavy atom. The first kappa shape index (κ1) is 15.9. The van der Waals surface area contributed by atoms with Crippen molar-refractivity contribution in [3.63, 3.8) is 0 Å². The Morgan fingerprint density at radius 1 is 1.44 bits per heavy atom. The predicted octanol–water partition coefficient (Wildman–Crippen LogP) is 2.04. The highest BCUT2D eigenvalue weighted by Crippen LogP contribution is 2.25. The van der Waals surface area contributed by atoms with E-state index in [0.29, 0.717) is 5.41 Å². The lowest BCUT2D eigenvalue weighted by atomic mass is 9.84. The molecule has 2 unspecified atom stereocenters. The summed E-state index contributed by atoms with van der Waals surface area (Å²) in [4.78, 5) is 5.07. The molecule has 0 spiro atoms. The molecule has 1 saturated heterocycles. The van der Waals surface area contributed by atoms with E-state index in [1.165, 1.54) is 45.3 Å². The van der Waals surface area contributed by atoms with Crippen LogP contribution in [0.1, 0.15) is 39.5 Å². The second kappa shape index (κ2) is 7.46. The van der Waals surface area contributed by atoms with Crippen molar-refractivity contribution in [3.8, 4) is 0 Å². The number of rotatable bonds is 7. The molecule has 2 atom stereocenters. The van der Waals surface area contributed by atoms with Crippen LogP contribution in [-0.4, -0.2) is 63.2 Å². The molecule has 1 aliphatic rings. The van der Waals surface area contributed by atoms with Crippen LogP contribution in [0.15, 0.2) is 0 Å². The van der Waals surface area contributed by atoms with Gasteiger partial charge in [0.2, 0.25) is 0 Å². The zero-order valence-corrected chi connectivity index (χ0v) is 13.1. The average Bonchev–Trinajstić information content (AvgIpc) is 2.29. The maximum atomic E-state index is 3.37. The van der Waals surface area contributed by atoms with Crippen LogP contribution in [0, 0.1) is 5.41 Å². The molecule has 1 rings (SSSR count). The molecule has 1 fully saturated rings. The molecular weight excluding hydrogens is 222 g/mol. The first-order valence-electron chi connectivity index (χ1n) is 7.54. The summed E-state index contributed by atoms with van der Waals surface area (Å²) in [6.45, 7) is 9.55. The van der Waals surface area contributed by atoms with Crippen LogP contribution in [0.2, 0.25) is 0 Å². The van der Waals surface area contributed by atoms with Crippen molar-refractivity contribution < 1.29 is 0 Å². The van der Waals surface area contributed by atoms with Crippen LogP contribution in [0.4, 0.5) is 0 Å². The number of hydrogen-bond acceptors (Lipinski definition) is 3. The Labute approximate surface area is 114 Å². The summed E-state index contributed by atoms with van der Waals surface area (Å²) in [5.74, 6) is 0. The van der Waals surface area contributed by atoms with Crippen molar-refractivity contribution >= 4 is 0 Å². The Bertz CT molecular complexity index is 224. The Morgan fingerprint density at radius 3 is 2.72 bits per heavy atom. The molecule has 3 nitrogen and oxygen atoms in total. The summed E-state index contributed by atoms with van der Waals surface area (Å²) < 4.78 is 0. The van der Waals surface area contributed by atoms with Gasteiger partial charge in [-0.05, 0) is 52.4 Å². The summed E-state index contributed by atoms with van der Waals surface area (Å²) in [5.41, 5.74) is 0.411. The van der Waals surface area contributed by atoms with Gasteiger partial charge in [0, 0.05) is 25.7 Å². The topological polar surface area (TPSA) is 18.5 Å². The summed E-state index contributed by atoms with van der Waals surface area (Å²) >= 11 is 0. The summed E-state index contributed by atoms with van der Waals surface area (Å²) in [5, 5.41) is 3.37. The summed E-state index contributed by atoms with van der Waals surface area (Å²) in [6.07, 6.45) is 5.29. The van der Waals surface area contributed by atoms with Gasteiger partial charge in [-0.25, -0.2) is 0 Å². The molecule has 1 heterocycles. The normalized spacial score (nSPS) is 25.3. The molecule has 0 aromatic rings. The molecule has 0 aliphatic carbocycles. The van der Waals surface area contributed by atoms with Crippen molar-refractivity contribution in [3.05, 3.63) is 0 Å². The van der Waals surface area contributed by atoms with Crippen LogP contribution < -0.4 is 5.32 Å².